The van der Waals surface area contributed by atoms with Gasteiger partial charge in [0, 0.05) is 24.3 Å². The molecule has 0 spiro atoms. The Bertz CT molecular complexity index is 829. The molecule has 1 fully saturated rings. The van der Waals surface area contributed by atoms with Crippen LogP contribution in [0, 0.1) is 0 Å². The van der Waals surface area contributed by atoms with Crippen molar-refractivity contribution in [3.63, 3.8) is 0 Å². The summed E-state index contributed by atoms with van der Waals surface area (Å²) >= 11 is 0. The number of ether oxygens (including phenoxy) is 3. The third kappa shape index (κ3) is 3.10. The van der Waals surface area contributed by atoms with E-state index in [0.717, 1.165) is 11.3 Å². The van der Waals surface area contributed by atoms with Gasteiger partial charge in [-0.15, -0.1) is 0 Å². The van der Waals surface area contributed by atoms with Gasteiger partial charge in [-0.3, -0.25) is 4.98 Å². The molecule has 0 amide bonds. The van der Waals surface area contributed by atoms with E-state index in [9.17, 15) is 5.02 Å². The van der Waals surface area contributed by atoms with Crippen LogP contribution >= 0.6 is 0 Å². The lowest BCUT2D eigenvalue weighted by Crippen LogP contribution is -2.39. The molecule has 8 heteroatoms. The summed E-state index contributed by atoms with van der Waals surface area (Å²) in [5.41, 5.74) is 1.83. The number of hydrogen-bond donors (Lipinski definition) is 1. The van der Waals surface area contributed by atoms with E-state index in [4.69, 9.17) is 23.8 Å². The second-order valence-corrected chi connectivity index (χ2v) is 7.17. The van der Waals surface area contributed by atoms with E-state index in [1.54, 1.807) is 19.5 Å². The Hall–Kier alpha value is -2.32. The van der Waals surface area contributed by atoms with Crippen LogP contribution < -0.4 is 14.2 Å². The predicted octanol–water partition coefficient (Wildman–Crippen LogP) is 2.30. The van der Waals surface area contributed by atoms with Crippen molar-refractivity contribution in [2.75, 3.05) is 20.3 Å². The molecule has 1 N–H and O–H groups in total. The molecule has 1 aromatic heterocycles. The summed E-state index contributed by atoms with van der Waals surface area (Å²) in [6, 6.07) is 3.74. The lowest BCUT2D eigenvalue weighted by Gasteiger charge is -2.34. The minimum absolute atomic E-state index is 0.0302. The molecule has 2 aliphatic heterocycles. The van der Waals surface area contributed by atoms with Crippen molar-refractivity contribution in [1.82, 2.24) is 9.97 Å². The second kappa shape index (κ2) is 6.44. The Morgan fingerprint density at radius 3 is 2.85 bits per heavy atom. The van der Waals surface area contributed by atoms with Gasteiger partial charge in [0.05, 0.1) is 24.7 Å². The van der Waals surface area contributed by atoms with Crippen LogP contribution in [0.1, 0.15) is 25.5 Å². The van der Waals surface area contributed by atoms with E-state index < -0.39 is 12.7 Å². The number of nitrogens with zero attached hydrogens (tertiary/aromatic N) is 2. The molecule has 136 valence electrons. The van der Waals surface area contributed by atoms with Gasteiger partial charge in [-0.25, -0.2) is 4.98 Å². The van der Waals surface area contributed by atoms with Crippen molar-refractivity contribution >= 4 is 7.12 Å². The fourth-order valence-corrected chi connectivity index (χ4v) is 3.22. The topological polar surface area (TPSA) is 82.9 Å². The molecular weight excluding hydrogens is 335 g/mol. The van der Waals surface area contributed by atoms with Crippen LogP contribution in [0.25, 0.3) is 11.3 Å². The van der Waals surface area contributed by atoms with Gasteiger partial charge < -0.3 is 23.9 Å². The monoisotopic (exact) mass is 356 g/mol. The Morgan fingerprint density at radius 2 is 2.12 bits per heavy atom. The molecule has 26 heavy (non-hydrogen) atoms. The standard InChI is InChI=1S/C18H21BN2O5/c1-18(2)10-24-16-12(4-5-15(23-3)17(16)26-18)14-8-20-7-13(21-14)11-6-19(22)25-9-11/h4-5,7-8,11,22H,6,9-10H2,1-3H3. The third-order valence-corrected chi connectivity index (χ3v) is 4.56. The van der Waals surface area contributed by atoms with Crippen LogP contribution in [0.2, 0.25) is 6.32 Å². The van der Waals surface area contributed by atoms with Gasteiger partial charge in [0.25, 0.3) is 0 Å². The van der Waals surface area contributed by atoms with Gasteiger partial charge in [-0.1, -0.05) is 0 Å². The number of hydrogen-bond acceptors (Lipinski definition) is 7. The lowest BCUT2D eigenvalue weighted by atomic mass is 9.81. The van der Waals surface area contributed by atoms with Crippen LogP contribution in [0.15, 0.2) is 24.5 Å². The summed E-state index contributed by atoms with van der Waals surface area (Å²) < 4.78 is 22.8. The van der Waals surface area contributed by atoms with Crippen molar-refractivity contribution in [1.29, 1.82) is 0 Å². The molecule has 1 aromatic carbocycles. The van der Waals surface area contributed by atoms with Crippen molar-refractivity contribution < 1.29 is 23.9 Å². The van der Waals surface area contributed by atoms with Crippen LogP contribution in [-0.2, 0) is 4.65 Å². The molecule has 0 bridgehead atoms. The molecule has 0 aliphatic carbocycles. The van der Waals surface area contributed by atoms with Crippen molar-refractivity contribution in [2.24, 2.45) is 0 Å². The average Bonchev–Trinajstić information content (AvgIpc) is 3.06. The van der Waals surface area contributed by atoms with Crippen molar-refractivity contribution in [3.05, 3.63) is 30.2 Å². The highest BCUT2D eigenvalue weighted by Gasteiger charge is 2.34. The molecule has 1 saturated heterocycles. The van der Waals surface area contributed by atoms with E-state index in [1.165, 1.54) is 0 Å². The highest BCUT2D eigenvalue weighted by Crippen LogP contribution is 2.48. The van der Waals surface area contributed by atoms with Crippen LogP contribution in [0.4, 0.5) is 0 Å². The fraction of sp³-hybridized carbons (Fsp3) is 0.444. The first-order valence-electron chi connectivity index (χ1n) is 8.61. The molecule has 4 rings (SSSR count). The number of methoxy groups -OCH3 is 1. The van der Waals surface area contributed by atoms with Gasteiger partial charge in [0.1, 0.15) is 12.2 Å². The lowest BCUT2D eigenvalue weighted by molar-refractivity contribution is 0.0190. The van der Waals surface area contributed by atoms with Crippen LogP contribution in [-0.4, -0.2) is 48.0 Å². The van der Waals surface area contributed by atoms with Crippen LogP contribution in [0.5, 0.6) is 17.2 Å². The minimum Gasteiger partial charge on any atom is -0.493 e. The summed E-state index contributed by atoms with van der Waals surface area (Å²) in [6.45, 7) is 4.80. The maximum Gasteiger partial charge on any atom is 0.454 e. The first kappa shape index (κ1) is 17.1. The Morgan fingerprint density at radius 1 is 1.27 bits per heavy atom. The fourth-order valence-electron chi connectivity index (χ4n) is 3.22. The molecule has 2 aromatic rings. The second-order valence-electron chi connectivity index (χ2n) is 7.17. The van der Waals surface area contributed by atoms with E-state index >= 15 is 0 Å². The van der Waals surface area contributed by atoms with Gasteiger partial charge in [0.15, 0.2) is 11.5 Å². The normalized spacial score (nSPS) is 20.9. The minimum atomic E-state index is -0.738. The smallest absolute Gasteiger partial charge is 0.454 e. The highest BCUT2D eigenvalue weighted by atomic mass is 16.6. The molecule has 0 saturated carbocycles. The maximum atomic E-state index is 9.59. The summed E-state index contributed by atoms with van der Waals surface area (Å²) in [4.78, 5) is 9.05. The third-order valence-electron chi connectivity index (χ3n) is 4.56. The van der Waals surface area contributed by atoms with Gasteiger partial charge in [-0.2, -0.15) is 0 Å². The molecule has 1 atom stereocenters. The zero-order valence-corrected chi connectivity index (χ0v) is 15.1. The molecule has 1 unspecified atom stereocenters. The Labute approximate surface area is 152 Å². The molecule has 2 aliphatic rings. The van der Waals surface area contributed by atoms with Crippen LogP contribution in [0.3, 0.4) is 0 Å². The van der Waals surface area contributed by atoms with Crippen molar-refractivity contribution in [3.8, 4) is 28.5 Å². The van der Waals surface area contributed by atoms with E-state index in [2.05, 4.69) is 4.98 Å². The number of fused-ring (bicyclic) bond motifs is 1. The SMILES string of the molecule is COc1ccc(-c2cncc(C3COB(O)C3)n2)c2c1OC(C)(C)CO2. The number of benzene rings is 1. The van der Waals surface area contributed by atoms with Gasteiger partial charge in [0.2, 0.25) is 5.75 Å². The number of rotatable bonds is 3. The molecule has 7 nitrogen and oxygen atoms in total. The van der Waals surface area contributed by atoms with Crippen molar-refractivity contribution in [2.45, 2.75) is 31.7 Å². The van der Waals surface area contributed by atoms with E-state index in [0.29, 0.717) is 42.5 Å². The maximum absolute atomic E-state index is 9.59. The first-order valence-corrected chi connectivity index (χ1v) is 8.61. The van der Waals surface area contributed by atoms with E-state index in [1.807, 2.05) is 26.0 Å². The summed E-state index contributed by atoms with van der Waals surface area (Å²) in [6.07, 6.45) is 3.93. The Kier molecular flexibility index (Phi) is 4.24. The predicted molar refractivity (Wildman–Crippen MR) is 95.7 cm³/mol. The zero-order valence-electron chi connectivity index (χ0n) is 15.1. The quantitative estimate of drug-likeness (QED) is 0.845. The summed E-state index contributed by atoms with van der Waals surface area (Å²) in [5, 5.41) is 9.59. The average molecular weight is 356 g/mol. The molecular formula is C18H21BN2O5. The summed E-state index contributed by atoms with van der Waals surface area (Å²) in [5.74, 6) is 1.83. The highest BCUT2D eigenvalue weighted by molar-refractivity contribution is 6.43. The van der Waals surface area contributed by atoms with Gasteiger partial charge >= 0.3 is 7.12 Å². The number of aromatic nitrogens is 2. The summed E-state index contributed by atoms with van der Waals surface area (Å²) in [7, 11) is 0.865. The largest absolute Gasteiger partial charge is 0.493 e. The first-order chi connectivity index (χ1) is 12.5. The van der Waals surface area contributed by atoms with E-state index in [-0.39, 0.29) is 5.92 Å². The molecule has 3 heterocycles. The van der Waals surface area contributed by atoms with Gasteiger partial charge in [-0.05, 0) is 32.3 Å². The molecule has 0 radical (unpaired) electrons. The Balaban J connectivity index is 1.75. The zero-order chi connectivity index (χ0) is 18.3.